The lowest BCUT2D eigenvalue weighted by Crippen LogP contribution is -2.53. The molecule has 4 aliphatic carbocycles. The van der Waals surface area contributed by atoms with Crippen molar-refractivity contribution in [3.63, 3.8) is 0 Å². The molecule has 4 saturated carbocycles. The zero-order valence-electron chi connectivity index (χ0n) is 20.9. The van der Waals surface area contributed by atoms with Crippen LogP contribution in [0.15, 0.2) is 0 Å². The van der Waals surface area contributed by atoms with Gasteiger partial charge in [0.1, 0.15) is 0 Å². The van der Waals surface area contributed by atoms with Crippen LogP contribution < -0.4 is 0 Å². The standard InChI is InChI=1S/C28H46O4/c1-5-32-26(31)17-19-12-14-27(3)20(16-19)7-8-21-23-10-9-22(18(2)6-11-25(29)30)28(23,4)15-13-24(21)27/h18-24H,5-17H2,1-4H3,(H,29,30)/t18-,19?,20?,21?,22-,23+,24+,27?,28?/m1/s1. The van der Waals surface area contributed by atoms with E-state index >= 15 is 0 Å². The van der Waals surface area contributed by atoms with Gasteiger partial charge < -0.3 is 9.84 Å². The van der Waals surface area contributed by atoms with Gasteiger partial charge in [-0.1, -0.05) is 20.8 Å². The molecule has 0 radical (unpaired) electrons. The van der Waals surface area contributed by atoms with E-state index in [1.165, 1.54) is 57.8 Å². The molecule has 32 heavy (non-hydrogen) atoms. The summed E-state index contributed by atoms with van der Waals surface area (Å²) in [5, 5.41) is 9.16. The van der Waals surface area contributed by atoms with E-state index in [4.69, 9.17) is 9.84 Å². The van der Waals surface area contributed by atoms with Crippen molar-refractivity contribution in [2.75, 3.05) is 6.61 Å². The minimum atomic E-state index is -0.648. The summed E-state index contributed by atoms with van der Waals surface area (Å²) >= 11 is 0. The molecule has 0 heterocycles. The molecule has 4 aliphatic rings. The van der Waals surface area contributed by atoms with E-state index in [1.807, 2.05) is 6.92 Å². The van der Waals surface area contributed by atoms with E-state index in [1.54, 1.807) is 0 Å². The molecule has 5 unspecified atom stereocenters. The van der Waals surface area contributed by atoms with Gasteiger partial charge in [0, 0.05) is 12.8 Å². The molecule has 1 N–H and O–H groups in total. The van der Waals surface area contributed by atoms with Crippen molar-refractivity contribution < 1.29 is 19.4 Å². The highest BCUT2D eigenvalue weighted by molar-refractivity contribution is 5.69. The predicted octanol–water partition coefficient (Wildman–Crippen LogP) is 6.72. The third kappa shape index (κ3) is 4.25. The largest absolute Gasteiger partial charge is 0.481 e. The summed E-state index contributed by atoms with van der Waals surface area (Å²) in [5.41, 5.74) is 0.853. The Morgan fingerprint density at radius 3 is 2.44 bits per heavy atom. The number of hydrogen-bond donors (Lipinski definition) is 1. The molecule has 182 valence electrons. The molecule has 0 aromatic rings. The number of hydrogen-bond acceptors (Lipinski definition) is 3. The van der Waals surface area contributed by atoms with Crippen LogP contribution in [0.5, 0.6) is 0 Å². The molecule has 4 heteroatoms. The van der Waals surface area contributed by atoms with Crippen molar-refractivity contribution >= 4 is 11.9 Å². The first-order chi connectivity index (χ1) is 15.2. The zero-order valence-corrected chi connectivity index (χ0v) is 20.9. The topological polar surface area (TPSA) is 63.6 Å². The van der Waals surface area contributed by atoms with Crippen molar-refractivity contribution in [3.8, 4) is 0 Å². The van der Waals surface area contributed by atoms with E-state index in [2.05, 4.69) is 20.8 Å². The smallest absolute Gasteiger partial charge is 0.306 e. The Morgan fingerprint density at radius 2 is 1.72 bits per heavy atom. The molecule has 0 spiro atoms. The fourth-order valence-corrected chi connectivity index (χ4v) is 9.52. The Balaban J connectivity index is 1.43. The van der Waals surface area contributed by atoms with Crippen LogP contribution in [0.4, 0.5) is 0 Å². The number of carboxylic acid groups (broad SMARTS) is 1. The Hall–Kier alpha value is -1.06. The van der Waals surface area contributed by atoms with Gasteiger partial charge in [-0.3, -0.25) is 9.59 Å². The number of rotatable bonds is 7. The van der Waals surface area contributed by atoms with Gasteiger partial charge >= 0.3 is 11.9 Å². The number of ether oxygens (including phenoxy) is 1. The lowest BCUT2D eigenvalue weighted by molar-refractivity contribution is -0.147. The zero-order chi connectivity index (χ0) is 23.1. The summed E-state index contributed by atoms with van der Waals surface area (Å²) in [6.07, 6.45) is 13.5. The molecular formula is C28H46O4. The van der Waals surface area contributed by atoms with E-state index in [0.717, 1.165) is 30.1 Å². The van der Waals surface area contributed by atoms with Crippen LogP contribution in [0.2, 0.25) is 0 Å². The van der Waals surface area contributed by atoms with Crippen molar-refractivity contribution in [2.45, 2.75) is 105 Å². The minimum Gasteiger partial charge on any atom is -0.481 e. The summed E-state index contributed by atoms with van der Waals surface area (Å²) in [6, 6.07) is 0. The third-order valence-electron chi connectivity index (χ3n) is 11.1. The second-order valence-corrected chi connectivity index (χ2v) is 12.4. The normalized spacial score (nSPS) is 44.1. The SMILES string of the molecule is CCOC(=O)CC1CCC2(C)C(CCC3[C@@H]2CCC2(C)[C@@H]([C@H](C)CCC(=O)O)CC[C@@H]32)C1. The van der Waals surface area contributed by atoms with Crippen LogP contribution in [0.1, 0.15) is 105 Å². The molecule has 0 aromatic carbocycles. The quantitative estimate of drug-likeness (QED) is 0.441. The van der Waals surface area contributed by atoms with Gasteiger partial charge in [-0.15, -0.1) is 0 Å². The minimum absolute atomic E-state index is 0.00256. The van der Waals surface area contributed by atoms with Gasteiger partial charge in [0.2, 0.25) is 0 Å². The maximum atomic E-state index is 12.1. The molecular weight excluding hydrogens is 400 g/mol. The number of carbonyl (C=O) groups is 2. The fourth-order valence-electron chi connectivity index (χ4n) is 9.52. The molecule has 0 amide bonds. The van der Waals surface area contributed by atoms with Crippen LogP contribution in [0.3, 0.4) is 0 Å². The molecule has 0 aromatic heterocycles. The van der Waals surface area contributed by atoms with Gasteiger partial charge in [-0.05, 0) is 123 Å². The number of fused-ring (bicyclic) bond motifs is 5. The highest BCUT2D eigenvalue weighted by Crippen LogP contribution is 2.68. The van der Waals surface area contributed by atoms with Crippen LogP contribution in [-0.4, -0.2) is 23.7 Å². The monoisotopic (exact) mass is 446 g/mol. The van der Waals surface area contributed by atoms with Gasteiger partial charge in [-0.25, -0.2) is 0 Å². The van der Waals surface area contributed by atoms with Gasteiger partial charge in [0.25, 0.3) is 0 Å². The first-order valence-electron chi connectivity index (χ1n) is 13.6. The fraction of sp³-hybridized carbons (Fsp3) is 0.929. The van der Waals surface area contributed by atoms with Crippen LogP contribution in [0, 0.1) is 52.3 Å². The maximum Gasteiger partial charge on any atom is 0.306 e. The second-order valence-electron chi connectivity index (χ2n) is 12.4. The summed E-state index contributed by atoms with van der Waals surface area (Å²) in [7, 11) is 0. The molecule has 9 atom stereocenters. The Labute approximate surface area is 195 Å². The lowest BCUT2D eigenvalue weighted by atomic mass is 9.44. The van der Waals surface area contributed by atoms with E-state index in [9.17, 15) is 9.59 Å². The lowest BCUT2D eigenvalue weighted by Gasteiger charge is -2.61. The molecule has 0 aliphatic heterocycles. The average molecular weight is 447 g/mol. The van der Waals surface area contributed by atoms with E-state index in [0.29, 0.717) is 48.0 Å². The highest BCUT2D eigenvalue weighted by atomic mass is 16.5. The molecule has 4 fully saturated rings. The maximum absolute atomic E-state index is 12.1. The summed E-state index contributed by atoms with van der Waals surface area (Å²) in [4.78, 5) is 23.2. The molecule has 0 bridgehead atoms. The van der Waals surface area contributed by atoms with Crippen molar-refractivity contribution in [2.24, 2.45) is 52.3 Å². The van der Waals surface area contributed by atoms with Gasteiger partial charge in [-0.2, -0.15) is 0 Å². The Kier molecular flexibility index (Phi) is 6.99. The predicted molar refractivity (Wildman–Crippen MR) is 126 cm³/mol. The van der Waals surface area contributed by atoms with Crippen molar-refractivity contribution in [3.05, 3.63) is 0 Å². The molecule has 4 nitrogen and oxygen atoms in total. The van der Waals surface area contributed by atoms with Crippen molar-refractivity contribution in [1.82, 2.24) is 0 Å². The van der Waals surface area contributed by atoms with E-state index in [-0.39, 0.29) is 5.97 Å². The Morgan fingerprint density at radius 1 is 1.00 bits per heavy atom. The van der Waals surface area contributed by atoms with E-state index < -0.39 is 5.97 Å². The van der Waals surface area contributed by atoms with Crippen LogP contribution >= 0.6 is 0 Å². The Bertz CT molecular complexity index is 704. The highest BCUT2D eigenvalue weighted by Gasteiger charge is 2.60. The number of aliphatic carboxylic acids is 1. The van der Waals surface area contributed by atoms with Gasteiger partial charge in [0.05, 0.1) is 6.61 Å². The first kappa shape index (κ1) is 24.1. The van der Waals surface area contributed by atoms with Crippen molar-refractivity contribution in [1.29, 1.82) is 0 Å². The third-order valence-corrected chi connectivity index (χ3v) is 11.1. The van der Waals surface area contributed by atoms with Crippen LogP contribution in [-0.2, 0) is 14.3 Å². The molecule has 4 rings (SSSR count). The number of carbonyl (C=O) groups excluding carboxylic acids is 1. The second kappa shape index (κ2) is 9.29. The summed E-state index contributed by atoms with van der Waals surface area (Å²) < 4.78 is 5.24. The first-order valence-corrected chi connectivity index (χ1v) is 13.6. The number of carboxylic acids is 1. The summed E-state index contributed by atoms with van der Waals surface area (Å²) in [6.45, 7) is 9.87. The average Bonchev–Trinajstić information content (AvgIpc) is 3.09. The van der Waals surface area contributed by atoms with Gasteiger partial charge in [0.15, 0.2) is 0 Å². The van der Waals surface area contributed by atoms with Crippen LogP contribution in [0.25, 0.3) is 0 Å². The summed E-state index contributed by atoms with van der Waals surface area (Å²) in [5.74, 6) is 4.37. The molecule has 0 saturated heterocycles. The number of esters is 1.